The average Bonchev–Trinajstić information content (AvgIpc) is 2.88. The number of benzene rings is 2. The van der Waals surface area contributed by atoms with Crippen LogP contribution in [-0.4, -0.2) is 6.61 Å². The maximum atomic E-state index is 13.7. The summed E-state index contributed by atoms with van der Waals surface area (Å²) in [4.78, 5) is 0. The topological polar surface area (TPSA) is 9.23 Å². The minimum absolute atomic E-state index is 0.153. The Balaban J connectivity index is 1.99. The van der Waals surface area contributed by atoms with Gasteiger partial charge in [0.15, 0.2) is 0 Å². The summed E-state index contributed by atoms with van der Waals surface area (Å²) in [5, 5.41) is -0.707. The second kappa shape index (κ2) is 4.82. The first-order chi connectivity index (χ1) is 9.15. The van der Waals surface area contributed by atoms with Gasteiger partial charge in [0, 0.05) is 12.0 Å². The van der Waals surface area contributed by atoms with Gasteiger partial charge in [-0.05, 0) is 35.4 Å². The lowest BCUT2D eigenvalue weighted by Crippen LogP contribution is -1.98. The SMILES string of the molecule is Fc1ccc(F)c(C(Cl)c2ccc3c(c2)CCO3)c1. The average molecular weight is 281 g/mol. The van der Waals surface area contributed by atoms with Crippen LogP contribution in [0.4, 0.5) is 8.78 Å². The lowest BCUT2D eigenvalue weighted by molar-refractivity contribution is 0.357. The van der Waals surface area contributed by atoms with Gasteiger partial charge in [0.2, 0.25) is 0 Å². The molecule has 1 aliphatic rings. The number of ether oxygens (including phenoxy) is 1. The Hall–Kier alpha value is -1.61. The monoisotopic (exact) mass is 280 g/mol. The van der Waals surface area contributed by atoms with Gasteiger partial charge in [0.1, 0.15) is 17.4 Å². The summed E-state index contributed by atoms with van der Waals surface area (Å²) in [6.45, 7) is 0.653. The third-order valence-electron chi connectivity index (χ3n) is 3.24. The fraction of sp³-hybridized carbons (Fsp3) is 0.200. The Morgan fingerprint density at radius 2 is 1.95 bits per heavy atom. The maximum absolute atomic E-state index is 13.7. The van der Waals surface area contributed by atoms with Crippen LogP contribution in [0.15, 0.2) is 36.4 Å². The molecule has 4 heteroatoms. The molecule has 3 rings (SSSR count). The normalized spacial score (nSPS) is 14.9. The minimum Gasteiger partial charge on any atom is -0.493 e. The van der Waals surface area contributed by atoms with E-state index in [2.05, 4.69) is 0 Å². The van der Waals surface area contributed by atoms with Gasteiger partial charge in [0.05, 0.1) is 12.0 Å². The molecular weight excluding hydrogens is 270 g/mol. The fourth-order valence-corrected chi connectivity index (χ4v) is 2.56. The van der Waals surface area contributed by atoms with Crippen LogP contribution in [0.3, 0.4) is 0 Å². The molecule has 0 spiro atoms. The summed E-state index contributed by atoms with van der Waals surface area (Å²) >= 11 is 6.26. The molecule has 0 saturated carbocycles. The predicted molar refractivity (Wildman–Crippen MR) is 69.7 cm³/mol. The zero-order chi connectivity index (χ0) is 13.4. The van der Waals surface area contributed by atoms with Crippen molar-refractivity contribution in [2.45, 2.75) is 11.8 Å². The van der Waals surface area contributed by atoms with Gasteiger partial charge < -0.3 is 4.74 Å². The van der Waals surface area contributed by atoms with Crippen molar-refractivity contribution >= 4 is 11.6 Å². The number of rotatable bonds is 2. The smallest absolute Gasteiger partial charge is 0.128 e. The van der Waals surface area contributed by atoms with Crippen LogP contribution in [0.5, 0.6) is 5.75 Å². The number of hydrogen-bond acceptors (Lipinski definition) is 1. The largest absolute Gasteiger partial charge is 0.493 e. The molecule has 0 aliphatic carbocycles. The molecule has 1 nitrogen and oxygen atoms in total. The van der Waals surface area contributed by atoms with Crippen LogP contribution in [0.1, 0.15) is 22.1 Å². The lowest BCUT2D eigenvalue weighted by atomic mass is 10.0. The van der Waals surface area contributed by atoms with Gasteiger partial charge in [-0.1, -0.05) is 12.1 Å². The van der Waals surface area contributed by atoms with Crippen molar-refractivity contribution in [2.75, 3.05) is 6.61 Å². The summed E-state index contributed by atoms with van der Waals surface area (Å²) in [5.41, 5.74) is 1.95. The van der Waals surface area contributed by atoms with Crippen molar-refractivity contribution in [1.82, 2.24) is 0 Å². The second-order valence-electron chi connectivity index (χ2n) is 4.49. The highest BCUT2D eigenvalue weighted by Crippen LogP contribution is 2.35. The van der Waals surface area contributed by atoms with E-state index in [1.807, 2.05) is 12.1 Å². The molecule has 19 heavy (non-hydrogen) atoms. The summed E-state index contributed by atoms with van der Waals surface area (Å²) in [5.74, 6) is -0.156. The Labute approximate surface area is 114 Å². The van der Waals surface area contributed by atoms with Gasteiger partial charge >= 0.3 is 0 Å². The van der Waals surface area contributed by atoms with Crippen LogP contribution in [0.25, 0.3) is 0 Å². The summed E-state index contributed by atoms with van der Waals surface area (Å²) in [6, 6.07) is 8.81. The Bertz CT molecular complexity index is 628. The van der Waals surface area contributed by atoms with E-state index in [0.29, 0.717) is 6.61 Å². The van der Waals surface area contributed by atoms with Crippen LogP contribution in [-0.2, 0) is 6.42 Å². The maximum Gasteiger partial charge on any atom is 0.128 e. The van der Waals surface area contributed by atoms with E-state index in [0.717, 1.165) is 41.5 Å². The highest BCUT2D eigenvalue weighted by atomic mass is 35.5. The highest BCUT2D eigenvalue weighted by Gasteiger charge is 2.19. The van der Waals surface area contributed by atoms with E-state index in [9.17, 15) is 8.78 Å². The van der Waals surface area contributed by atoms with E-state index in [-0.39, 0.29) is 5.56 Å². The van der Waals surface area contributed by atoms with Gasteiger partial charge in [-0.25, -0.2) is 8.78 Å². The second-order valence-corrected chi connectivity index (χ2v) is 4.93. The summed E-state index contributed by atoms with van der Waals surface area (Å²) < 4.78 is 32.3. The van der Waals surface area contributed by atoms with Crippen LogP contribution in [0.2, 0.25) is 0 Å². The van der Waals surface area contributed by atoms with Crippen LogP contribution in [0, 0.1) is 11.6 Å². The molecule has 0 aromatic heterocycles. The zero-order valence-corrected chi connectivity index (χ0v) is 10.8. The molecule has 0 radical (unpaired) electrons. The summed E-state index contributed by atoms with van der Waals surface area (Å²) in [7, 11) is 0. The molecule has 0 bridgehead atoms. The predicted octanol–water partition coefficient (Wildman–Crippen LogP) is 4.23. The molecule has 1 atom stereocenters. The van der Waals surface area contributed by atoms with Crippen LogP contribution >= 0.6 is 11.6 Å². The van der Waals surface area contributed by atoms with Crippen LogP contribution < -0.4 is 4.74 Å². The van der Waals surface area contributed by atoms with Gasteiger partial charge in [-0.15, -0.1) is 11.6 Å². The first-order valence-electron chi connectivity index (χ1n) is 6.00. The molecule has 98 valence electrons. The van der Waals surface area contributed by atoms with Crippen molar-refractivity contribution < 1.29 is 13.5 Å². The lowest BCUT2D eigenvalue weighted by Gasteiger charge is -2.12. The standard InChI is InChI=1S/C15H11ClF2O/c16-15(12-8-11(17)2-3-13(12)18)10-1-4-14-9(7-10)5-6-19-14/h1-4,7-8,15H,5-6H2. The quantitative estimate of drug-likeness (QED) is 0.748. The highest BCUT2D eigenvalue weighted by molar-refractivity contribution is 6.22. The van der Waals surface area contributed by atoms with Crippen molar-refractivity contribution in [2.24, 2.45) is 0 Å². The molecule has 2 aromatic carbocycles. The van der Waals surface area contributed by atoms with Crippen molar-refractivity contribution in [3.8, 4) is 5.75 Å². The Morgan fingerprint density at radius 1 is 1.11 bits per heavy atom. The van der Waals surface area contributed by atoms with Crippen molar-refractivity contribution in [1.29, 1.82) is 0 Å². The molecule has 1 unspecified atom stereocenters. The molecule has 1 heterocycles. The third-order valence-corrected chi connectivity index (χ3v) is 3.72. The zero-order valence-electron chi connectivity index (χ0n) is 10.00. The molecule has 0 N–H and O–H groups in total. The van der Waals surface area contributed by atoms with Gasteiger partial charge in [-0.2, -0.15) is 0 Å². The molecule has 2 aromatic rings. The molecule has 0 saturated heterocycles. The molecule has 0 amide bonds. The van der Waals surface area contributed by atoms with Gasteiger partial charge in [0.25, 0.3) is 0 Å². The molecule has 1 aliphatic heterocycles. The van der Waals surface area contributed by atoms with E-state index < -0.39 is 17.0 Å². The number of halogens is 3. The van der Waals surface area contributed by atoms with Crippen molar-refractivity contribution in [3.63, 3.8) is 0 Å². The van der Waals surface area contributed by atoms with Gasteiger partial charge in [-0.3, -0.25) is 0 Å². The number of fused-ring (bicyclic) bond motifs is 1. The minimum atomic E-state index is -0.707. The first kappa shape index (κ1) is 12.4. The Morgan fingerprint density at radius 3 is 2.79 bits per heavy atom. The summed E-state index contributed by atoms with van der Waals surface area (Å²) in [6.07, 6.45) is 0.818. The first-order valence-corrected chi connectivity index (χ1v) is 6.43. The number of alkyl halides is 1. The van der Waals surface area contributed by atoms with E-state index in [4.69, 9.17) is 16.3 Å². The molecule has 0 fully saturated rings. The van der Waals surface area contributed by atoms with E-state index in [1.54, 1.807) is 6.07 Å². The molecular formula is C15H11ClF2O. The fourth-order valence-electron chi connectivity index (χ4n) is 2.25. The Kier molecular flexibility index (Phi) is 3.15. The van der Waals surface area contributed by atoms with E-state index >= 15 is 0 Å². The third kappa shape index (κ3) is 2.30. The van der Waals surface area contributed by atoms with E-state index in [1.165, 1.54) is 0 Å². The number of hydrogen-bond donors (Lipinski definition) is 0. The van der Waals surface area contributed by atoms with Crippen molar-refractivity contribution in [3.05, 3.63) is 64.7 Å².